The zero-order chi connectivity index (χ0) is 21.5. The Morgan fingerprint density at radius 2 is 1.57 bits per heavy atom. The molecule has 0 unspecified atom stereocenters. The average molecular weight is 443 g/mol. The minimum atomic E-state index is -2.13. The molecule has 1 saturated heterocycles. The monoisotopic (exact) mass is 442 g/mol. The van der Waals surface area contributed by atoms with Crippen LogP contribution >= 0.6 is 0 Å². The van der Waals surface area contributed by atoms with Crippen molar-refractivity contribution in [3.63, 3.8) is 0 Å². The van der Waals surface area contributed by atoms with Gasteiger partial charge in [0.1, 0.15) is 0 Å². The molecule has 0 radical (unpaired) electrons. The molecule has 1 aliphatic heterocycles. The Labute approximate surface area is 179 Å². The van der Waals surface area contributed by atoms with E-state index in [0.717, 1.165) is 37.5 Å². The lowest BCUT2D eigenvalue weighted by atomic mass is 9.72. The summed E-state index contributed by atoms with van der Waals surface area (Å²) in [6.45, 7) is 2.27. The van der Waals surface area contributed by atoms with E-state index in [-0.39, 0.29) is 12.2 Å². The molecular formula is C24H34F4OSi. The van der Waals surface area contributed by atoms with E-state index in [1.165, 1.54) is 62.4 Å². The maximum absolute atomic E-state index is 14.2. The van der Waals surface area contributed by atoms with Gasteiger partial charge in [0.25, 0.3) is 0 Å². The molecule has 2 fully saturated rings. The van der Waals surface area contributed by atoms with Crippen molar-refractivity contribution in [3.8, 4) is 5.75 Å². The van der Waals surface area contributed by atoms with Gasteiger partial charge >= 0.3 is 6.08 Å². The average Bonchev–Trinajstić information content (AvgIpc) is 2.74. The van der Waals surface area contributed by atoms with E-state index in [4.69, 9.17) is 0 Å². The highest BCUT2D eigenvalue weighted by atomic mass is 28.3. The summed E-state index contributed by atoms with van der Waals surface area (Å²) >= 11 is 0. The summed E-state index contributed by atoms with van der Waals surface area (Å²) in [6.07, 6.45) is 8.97. The van der Waals surface area contributed by atoms with E-state index < -0.39 is 32.3 Å². The van der Waals surface area contributed by atoms with Crippen LogP contribution in [0.4, 0.5) is 17.6 Å². The van der Waals surface area contributed by atoms with Crippen molar-refractivity contribution in [3.05, 3.63) is 41.7 Å². The van der Waals surface area contributed by atoms with Crippen molar-refractivity contribution in [2.75, 3.05) is 0 Å². The van der Waals surface area contributed by atoms with Crippen LogP contribution in [0.25, 0.3) is 0 Å². The van der Waals surface area contributed by atoms with Crippen molar-refractivity contribution in [2.45, 2.75) is 88.8 Å². The quantitative estimate of drug-likeness (QED) is 0.171. The van der Waals surface area contributed by atoms with E-state index in [1.807, 2.05) is 0 Å². The second kappa shape index (κ2) is 11.4. The van der Waals surface area contributed by atoms with Gasteiger partial charge < -0.3 is 4.74 Å². The van der Waals surface area contributed by atoms with Crippen LogP contribution in [-0.2, 0) is 0 Å². The third-order valence-electron chi connectivity index (χ3n) is 7.30. The van der Waals surface area contributed by atoms with Crippen molar-refractivity contribution >= 4 is 8.80 Å². The zero-order valence-electron chi connectivity index (χ0n) is 17.9. The van der Waals surface area contributed by atoms with Crippen LogP contribution in [0.1, 0.15) is 76.2 Å². The third kappa shape index (κ3) is 6.35. The van der Waals surface area contributed by atoms with Crippen molar-refractivity contribution in [1.82, 2.24) is 0 Å². The molecule has 1 heterocycles. The molecular weight excluding hydrogens is 408 g/mol. The van der Waals surface area contributed by atoms with E-state index in [2.05, 4.69) is 11.7 Å². The second-order valence-electron chi connectivity index (χ2n) is 9.23. The standard InChI is InChI=1S/C24H34F4OSi/c1-2-3-4-11-30-12-9-19(10-13-30)17-5-7-18(8-6-17)20-14-21(25)24(22(26)15-20)29-16-23(27)28/h14-19,30H,2-13H2,1H3/t17-,18-,19-,30-. The Hall–Kier alpha value is -1.30. The fourth-order valence-corrected chi connectivity index (χ4v) is 9.12. The van der Waals surface area contributed by atoms with Gasteiger partial charge in [-0.25, -0.2) is 8.78 Å². The highest BCUT2D eigenvalue weighted by molar-refractivity contribution is 6.58. The van der Waals surface area contributed by atoms with Crippen LogP contribution in [0.3, 0.4) is 0 Å². The van der Waals surface area contributed by atoms with Gasteiger partial charge in [0, 0.05) is 8.80 Å². The smallest absolute Gasteiger partial charge is 0.305 e. The summed E-state index contributed by atoms with van der Waals surface area (Å²) in [4.78, 5) is 0. The molecule has 0 spiro atoms. The predicted molar refractivity (Wildman–Crippen MR) is 116 cm³/mol. The number of hydrogen-bond donors (Lipinski definition) is 0. The molecule has 1 aromatic rings. The fourth-order valence-electron chi connectivity index (χ4n) is 5.59. The molecule has 1 aliphatic carbocycles. The number of halogens is 4. The first kappa shape index (κ1) is 23.4. The van der Waals surface area contributed by atoms with Crippen LogP contribution in [0, 0.1) is 23.5 Å². The molecule has 0 amide bonds. The van der Waals surface area contributed by atoms with Crippen LogP contribution in [0.15, 0.2) is 24.5 Å². The van der Waals surface area contributed by atoms with Crippen molar-refractivity contribution < 1.29 is 22.3 Å². The number of ether oxygens (including phenoxy) is 1. The summed E-state index contributed by atoms with van der Waals surface area (Å²) in [5.41, 5.74) is 0.618. The molecule has 1 aromatic carbocycles. The van der Waals surface area contributed by atoms with Crippen molar-refractivity contribution in [2.24, 2.45) is 11.8 Å². The van der Waals surface area contributed by atoms with Gasteiger partial charge in [-0.2, -0.15) is 8.78 Å². The molecule has 3 rings (SSSR count). The van der Waals surface area contributed by atoms with E-state index in [9.17, 15) is 17.6 Å². The SMILES string of the molecule is CCCCC[Si@H]1CC[C@H]([C@H]2CC[C@H](c3cc(F)c(OC=C(F)F)c(F)c3)CC2)CC1. The van der Waals surface area contributed by atoms with E-state index in [0.29, 0.717) is 5.56 Å². The molecule has 2 aliphatic rings. The zero-order valence-corrected chi connectivity index (χ0v) is 19.1. The van der Waals surface area contributed by atoms with Crippen LogP contribution in [-0.4, -0.2) is 8.80 Å². The largest absolute Gasteiger partial charge is 0.453 e. The Balaban J connectivity index is 1.49. The summed E-state index contributed by atoms with van der Waals surface area (Å²) < 4.78 is 57.1. The predicted octanol–water partition coefficient (Wildman–Crippen LogP) is 8.18. The minimum absolute atomic E-state index is 0.0633. The molecule has 1 nitrogen and oxygen atoms in total. The number of rotatable bonds is 8. The van der Waals surface area contributed by atoms with Crippen LogP contribution in [0.5, 0.6) is 5.75 Å². The molecule has 0 atom stereocenters. The lowest BCUT2D eigenvalue weighted by Gasteiger charge is -2.37. The van der Waals surface area contributed by atoms with Gasteiger partial charge in [-0.1, -0.05) is 57.2 Å². The molecule has 0 bridgehead atoms. The highest BCUT2D eigenvalue weighted by Gasteiger charge is 2.32. The Morgan fingerprint density at radius 3 is 2.13 bits per heavy atom. The van der Waals surface area contributed by atoms with Crippen molar-refractivity contribution in [1.29, 1.82) is 0 Å². The van der Waals surface area contributed by atoms with Crippen LogP contribution in [0.2, 0.25) is 18.1 Å². The van der Waals surface area contributed by atoms with Gasteiger partial charge in [0.2, 0.25) is 0 Å². The third-order valence-corrected chi connectivity index (χ3v) is 10.8. The summed E-state index contributed by atoms with van der Waals surface area (Å²) in [5, 5.41) is 0. The Kier molecular flexibility index (Phi) is 8.84. The number of unbranched alkanes of at least 4 members (excludes halogenated alkanes) is 2. The summed E-state index contributed by atoms with van der Waals surface area (Å²) in [5.74, 6) is -0.881. The fraction of sp³-hybridized carbons (Fsp3) is 0.667. The molecule has 0 N–H and O–H groups in total. The molecule has 1 saturated carbocycles. The van der Waals surface area contributed by atoms with Gasteiger partial charge in [0.05, 0.1) is 0 Å². The number of hydrogen-bond acceptors (Lipinski definition) is 1. The Bertz CT molecular complexity index is 680. The maximum atomic E-state index is 14.2. The summed E-state index contributed by atoms with van der Waals surface area (Å²) in [6, 6.07) is 7.03. The molecule has 0 aromatic heterocycles. The Morgan fingerprint density at radius 1 is 0.967 bits per heavy atom. The maximum Gasteiger partial charge on any atom is 0.305 e. The first-order valence-electron chi connectivity index (χ1n) is 11.6. The minimum Gasteiger partial charge on any atom is -0.453 e. The molecule has 6 heteroatoms. The highest BCUT2D eigenvalue weighted by Crippen LogP contribution is 2.44. The molecule has 30 heavy (non-hydrogen) atoms. The topological polar surface area (TPSA) is 9.23 Å². The first-order valence-corrected chi connectivity index (χ1v) is 14.1. The lowest BCUT2D eigenvalue weighted by molar-refractivity contribution is 0.216. The van der Waals surface area contributed by atoms with Gasteiger partial charge in [-0.3, -0.25) is 0 Å². The van der Waals surface area contributed by atoms with Gasteiger partial charge in [0.15, 0.2) is 23.6 Å². The summed E-state index contributed by atoms with van der Waals surface area (Å²) in [7, 11) is -0.487. The number of benzene rings is 1. The second-order valence-corrected chi connectivity index (χ2v) is 12.7. The van der Waals surface area contributed by atoms with Gasteiger partial charge in [-0.15, -0.1) is 0 Å². The van der Waals surface area contributed by atoms with Crippen LogP contribution < -0.4 is 4.74 Å². The van der Waals surface area contributed by atoms with Gasteiger partial charge in [-0.05, 0) is 61.1 Å². The first-order chi connectivity index (χ1) is 14.5. The van der Waals surface area contributed by atoms with E-state index in [1.54, 1.807) is 0 Å². The van der Waals surface area contributed by atoms with E-state index >= 15 is 0 Å². The normalized spacial score (nSPS) is 27.0. The lowest BCUT2D eigenvalue weighted by Crippen LogP contribution is -2.28. The molecule has 168 valence electrons.